The summed E-state index contributed by atoms with van der Waals surface area (Å²) >= 11 is 0. The van der Waals surface area contributed by atoms with E-state index in [4.69, 9.17) is 0 Å². The second kappa shape index (κ2) is 7.21. The van der Waals surface area contributed by atoms with Gasteiger partial charge in [0, 0.05) is 0 Å². The van der Waals surface area contributed by atoms with Gasteiger partial charge in [-0.15, -0.1) is 0 Å². The van der Waals surface area contributed by atoms with E-state index in [0.717, 1.165) is 13.8 Å². The molecule has 0 N–H and O–H groups in total. The molecule has 0 aliphatic rings. The molecule has 0 saturated carbocycles. The summed E-state index contributed by atoms with van der Waals surface area (Å²) in [4.78, 5) is 0. The van der Waals surface area contributed by atoms with Crippen molar-refractivity contribution in [1.82, 2.24) is 0 Å². The molecule has 25 heavy (non-hydrogen) atoms. The van der Waals surface area contributed by atoms with E-state index in [0.29, 0.717) is 0 Å². The molecular weight excluding hydrogens is 426 g/mol. The van der Waals surface area contributed by atoms with Crippen molar-refractivity contribution in [2.45, 2.75) is 37.0 Å². The Hall–Kier alpha value is -0.570. The van der Waals surface area contributed by atoms with Crippen LogP contribution >= 0.6 is 7.60 Å². The maximum Gasteiger partial charge on any atom is 0.464 e. The van der Waals surface area contributed by atoms with E-state index in [-0.39, 0.29) is 0 Å². The number of hydrogen-bond acceptors (Lipinski definition) is 6. The molecular formula is C8H10F9O6PS. The first kappa shape index (κ1) is 24.4. The van der Waals surface area contributed by atoms with Crippen LogP contribution in [0.4, 0.5) is 39.0 Å². The second-order valence-corrected chi connectivity index (χ2v) is 7.43. The molecule has 0 fully saturated rings. The summed E-state index contributed by atoms with van der Waals surface area (Å²) in [7, 11) is -13.8. The number of alkyl halides is 8. The fourth-order valence-corrected chi connectivity index (χ4v) is 2.89. The van der Waals surface area contributed by atoms with Gasteiger partial charge in [-0.2, -0.15) is 43.5 Å². The highest BCUT2D eigenvalue weighted by Gasteiger charge is 2.79. The minimum atomic E-state index is -7.55. The van der Waals surface area contributed by atoms with E-state index in [1.807, 2.05) is 4.74 Å². The van der Waals surface area contributed by atoms with E-state index in [2.05, 4.69) is 9.05 Å². The zero-order chi connectivity index (χ0) is 20.5. The van der Waals surface area contributed by atoms with Gasteiger partial charge in [0.05, 0.1) is 13.2 Å². The van der Waals surface area contributed by atoms with Crippen LogP contribution in [0.5, 0.6) is 0 Å². The van der Waals surface area contributed by atoms with Gasteiger partial charge in [0.2, 0.25) is 0 Å². The van der Waals surface area contributed by atoms with Crippen LogP contribution in [0.2, 0.25) is 0 Å². The van der Waals surface area contributed by atoms with Crippen molar-refractivity contribution < 1.29 is 65.8 Å². The first-order valence-corrected chi connectivity index (χ1v) is 8.80. The van der Waals surface area contributed by atoms with E-state index in [1.165, 1.54) is 0 Å². The van der Waals surface area contributed by atoms with Crippen LogP contribution in [-0.4, -0.2) is 44.8 Å². The molecule has 0 saturated heterocycles. The largest absolute Gasteiger partial charge is 0.464 e. The van der Waals surface area contributed by atoms with Gasteiger partial charge in [0.1, 0.15) is 0 Å². The first-order chi connectivity index (χ1) is 10.8. The number of rotatable bonds is 10. The smallest absolute Gasteiger partial charge is 0.304 e. The highest BCUT2D eigenvalue weighted by Crippen LogP contribution is 2.68. The summed E-state index contributed by atoms with van der Waals surface area (Å²) in [6, 6.07) is 0. The molecule has 0 aromatic carbocycles. The van der Waals surface area contributed by atoms with Crippen molar-refractivity contribution in [2.24, 2.45) is 0 Å². The van der Waals surface area contributed by atoms with Crippen LogP contribution in [0.25, 0.3) is 0 Å². The lowest BCUT2D eigenvalue weighted by molar-refractivity contribution is -0.444. The standard InChI is InChI=1S/C8H10F9O6PS/c1-3-21-24(18,22-4-2)7(13,14)5(9,10)23-6(11,12)8(15,16)25(17,19)20/h3-4H2,1-2H3. The molecule has 0 spiro atoms. The van der Waals surface area contributed by atoms with Crippen molar-refractivity contribution >= 4 is 17.8 Å². The van der Waals surface area contributed by atoms with Crippen LogP contribution in [0.1, 0.15) is 13.8 Å². The van der Waals surface area contributed by atoms with Crippen molar-refractivity contribution in [3.63, 3.8) is 0 Å². The lowest BCUT2D eigenvalue weighted by Crippen LogP contribution is -2.55. The average Bonchev–Trinajstić information content (AvgIpc) is 2.35. The van der Waals surface area contributed by atoms with E-state index < -0.39 is 54.2 Å². The SMILES string of the molecule is CCOP(=O)(OCC)C(F)(F)C(F)(F)OC(F)(F)C(F)(F)S(=O)(=O)F. The van der Waals surface area contributed by atoms with E-state index in [9.17, 15) is 52.0 Å². The Labute approximate surface area is 135 Å². The molecule has 0 unspecified atom stereocenters. The third kappa shape index (κ3) is 4.40. The van der Waals surface area contributed by atoms with Gasteiger partial charge in [-0.05, 0) is 13.8 Å². The molecule has 0 bridgehead atoms. The van der Waals surface area contributed by atoms with Gasteiger partial charge in [-0.3, -0.25) is 4.57 Å². The predicted molar refractivity (Wildman–Crippen MR) is 61.8 cm³/mol. The minimum Gasteiger partial charge on any atom is -0.304 e. The molecule has 0 aromatic heterocycles. The molecule has 6 nitrogen and oxygen atoms in total. The Balaban J connectivity index is 6.02. The van der Waals surface area contributed by atoms with Crippen molar-refractivity contribution in [3.05, 3.63) is 0 Å². The van der Waals surface area contributed by atoms with Gasteiger partial charge in [-0.1, -0.05) is 3.89 Å². The maximum absolute atomic E-state index is 13.6. The summed E-state index contributed by atoms with van der Waals surface area (Å²) in [5.74, 6) is 0. The monoisotopic (exact) mass is 436 g/mol. The van der Waals surface area contributed by atoms with Gasteiger partial charge < -0.3 is 9.05 Å². The van der Waals surface area contributed by atoms with Gasteiger partial charge in [0.25, 0.3) is 0 Å². The summed E-state index contributed by atoms with van der Waals surface area (Å²) in [6.45, 7) is -0.207. The Morgan fingerprint density at radius 1 is 0.840 bits per heavy atom. The lowest BCUT2D eigenvalue weighted by atomic mass is 10.6. The van der Waals surface area contributed by atoms with Crippen molar-refractivity contribution in [3.8, 4) is 0 Å². The Bertz CT molecular complexity index is 612. The third-order valence-electron chi connectivity index (χ3n) is 2.19. The van der Waals surface area contributed by atoms with Gasteiger partial charge >= 0.3 is 41.0 Å². The highest BCUT2D eigenvalue weighted by atomic mass is 32.3. The molecule has 0 aromatic rings. The second-order valence-electron chi connectivity index (χ2n) is 3.96. The number of ether oxygens (including phenoxy) is 1. The quantitative estimate of drug-likeness (QED) is 0.293. The highest BCUT2D eigenvalue weighted by molar-refractivity contribution is 7.87. The topological polar surface area (TPSA) is 78.9 Å². The molecule has 0 aliphatic carbocycles. The summed E-state index contributed by atoms with van der Waals surface area (Å²) in [5.41, 5.74) is -6.27. The zero-order valence-electron chi connectivity index (χ0n) is 12.1. The van der Waals surface area contributed by atoms with Crippen LogP contribution < -0.4 is 0 Å². The zero-order valence-corrected chi connectivity index (χ0v) is 13.8. The Morgan fingerprint density at radius 2 is 1.20 bits per heavy atom. The molecule has 0 heterocycles. The van der Waals surface area contributed by atoms with Crippen LogP contribution in [0.3, 0.4) is 0 Å². The van der Waals surface area contributed by atoms with Gasteiger partial charge in [-0.25, -0.2) is 4.74 Å². The Kier molecular flexibility index (Phi) is 7.05. The van der Waals surface area contributed by atoms with Gasteiger partial charge in [0.15, 0.2) is 0 Å². The summed E-state index contributed by atoms with van der Waals surface area (Å²) in [5, 5.41) is -6.96. The maximum atomic E-state index is 13.6. The molecule has 0 amide bonds. The van der Waals surface area contributed by atoms with Crippen molar-refractivity contribution in [2.75, 3.05) is 13.2 Å². The Morgan fingerprint density at radius 3 is 1.48 bits per heavy atom. The average molecular weight is 436 g/mol. The molecule has 0 radical (unpaired) electrons. The normalized spacial score (nSPS) is 15.5. The third-order valence-corrected chi connectivity index (χ3v) is 5.19. The molecule has 17 heteroatoms. The fourth-order valence-electron chi connectivity index (χ4n) is 1.12. The number of halogens is 9. The van der Waals surface area contributed by atoms with E-state index in [1.54, 1.807) is 0 Å². The fraction of sp³-hybridized carbons (Fsp3) is 1.00. The van der Waals surface area contributed by atoms with Crippen LogP contribution in [0, 0.1) is 0 Å². The summed E-state index contributed by atoms with van der Waals surface area (Å²) in [6.07, 6.45) is -13.7. The predicted octanol–water partition coefficient (Wildman–Crippen LogP) is 3.94. The van der Waals surface area contributed by atoms with Crippen LogP contribution in [0.15, 0.2) is 0 Å². The summed E-state index contributed by atoms with van der Waals surface area (Å²) < 4.78 is 158. The molecule has 152 valence electrons. The molecule has 0 atom stereocenters. The minimum absolute atomic E-state index is 0.860. The first-order valence-electron chi connectivity index (χ1n) is 5.87. The van der Waals surface area contributed by atoms with Crippen LogP contribution in [-0.2, 0) is 28.6 Å². The number of hydrogen-bond donors (Lipinski definition) is 0. The molecule has 0 aliphatic heterocycles. The van der Waals surface area contributed by atoms with E-state index >= 15 is 0 Å². The molecule has 0 rings (SSSR count). The van der Waals surface area contributed by atoms with Crippen molar-refractivity contribution in [1.29, 1.82) is 0 Å². The lowest BCUT2D eigenvalue weighted by Gasteiger charge is -2.33.